The van der Waals surface area contributed by atoms with Crippen LogP contribution in [0.3, 0.4) is 0 Å². The number of rotatable bonds is 10. The highest BCUT2D eigenvalue weighted by Crippen LogP contribution is 2.40. The number of carboxylic acids is 1. The van der Waals surface area contributed by atoms with Crippen molar-refractivity contribution in [2.24, 2.45) is 5.16 Å². The number of carbonyl (C=O) groups is 4. The van der Waals surface area contributed by atoms with Crippen molar-refractivity contribution < 1.29 is 33.7 Å². The number of nitrogens with one attached hydrogen (secondary N) is 3. The maximum Gasteiger partial charge on any atom is 0.352 e. The predicted octanol–water partition coefficient (Wildman–Crippen LogP) is 1.12. The number of H-pyrrole nitrogens is 1. The molecule has 14 heteroatoms. The molecule has 2 atom stereocenters. The van der Waals surface area contributed by atoms with Gasteiger partial charge in [0.2, 0.25) is 0 Å². The fourth-order valence-electron chi connectivity index (χ4n) is 4.34. The summed E-state index contributed by atoms with van der Waals surface area (Å²) in [6.07, 6.45) is 8.66. The molecule has 4 rings (SSSR count). The van der Waals surface area contributed by atoms with Gasteiger partial charge in [-0.25, -0.2) is 9.36 Å². The van der Waals surface area contributed by atoms with Crippen LogP contribution in [0.1, 0.15) is 26.5 Å². The molecule has 2 aliphatic rings. The van der Waals surface area contributed by atoms with Gasteiger partial charge in [0, 0.05) is 46.5 Å². The fraction of sp³-hybridized carbons (Fsp3) is 0.296. The minimum absolute atomic E-state index is 0.0684. The molecule has 0 saturated carbocycles. The van der Waals surface area contributed by atoms with Crippen molar-refractivity contribution >= 4 is 47.2 Å². The van der Waals surface area contributed by atoms with Gasteiger partial charge in [-0.15, -0.1) is 11.8 Å². The number of nitrogens with zero attached hydrogens (tertiary/aromatic N) is 4. The van der Waals surface area contributed by atoms with Gasteiger partial charge >= 0.3 is 5.97 Å². The molecule has 0 radical (unpaired) electrons. The summed E-state index contributed by atoms with van der Waals surface area (Å²) in [4.78, 5) is 58.4. The molecule has 2 aliphatic heterocycles. The van der Waals surface area contributed by atoms with Gasteiger partial charge in [-0.05, 0) is 38.5 Å². The zero-order valence-electron chi connectivity index (χ0n) is 22.5. The lowest BCUT2D eigenvalue weighted by molar-refractivity contribution is -0.689. The Morgan fingerprint density at radius 2 is 2.02 bits per heavy atom. The van der Waals surface area contributed by atoms with E-state index in [4.69, 9.17) is 10.1 Å². The number of pyridine rings is 1. The number of nitriles is 1. The number of aliphatic carboxylic acids is 1. The van der Waals surface area contributed by atoms with E-state index in [1.54, 1.807) is 32.3 Å². The number of amides is 3. The number of hydrogen-bond donors (Lipinski definition) is 4. The molecule has 3 amide bonds. The third-order valence-corrected chi connectivity index (χ3v) is 7.74. The monoisotopic (exact) mass is 578 g/mol. The average molecular weight is 579 g/mol. The summed E-state index contributed by atoms with van der Waals surface area (Å²) in [5, 5.41) is 26.4. The van der Waals surface area contributed by atoms with Crippen LogP contribution in [0.4, 0.5) is 0 Å². The maximum absolute atomic E-state index is 12.9. The molecule has 13 nitrogen and oxygen atoms in total. The summed E-state index contributed by atoms with van der Waals surface area (Å²) in [6, 6.07) is 4.75. The Kier molecular flexibility index (Phi) is 8.88. The lowest BCUT2D eigenvalue weighted by Gasteiger charge is -2.49. The van der Waals surface area contributed by atoms with E-state index in [1.807, 2.05) is 35.2 Å². The Hall–Kier alpha value is -4.90. The minimum Gasteiger partial charge on any atom is -0.477 e. The fourth-order valence-corrected chi connectivity index (χ4v) is 5.67. The van der Waals surface area contributed by atoms with Crippen LogP contribution < -0.4 is 15.2 Å². The van der Waals surface area contributed by atoms with E-state index in [1.165, 1.54) is 23.6 Å². The highest BCUT2D eigenvalue weighted by atomic mass is 32.2. The molecule has 0 aliphatic carbocycles. The van der Waals surface area contributed by atoms with Crippen molar-refractivity contribution in [2.45, 2.75) is 38.7 Å². The summed E-state index contributed by atoms with van der Waals surface area (Å²) in [5.41, 5.74) is 3.40. The van der Waals surface area contributed by atoms with Gasteiger partial charge in [-0.2, -0.15) is 5.26 Å². The highest BCUT2D eigenvalue weighted by Gasteiger charge is 2.54. The number of aromatic amines is 1. The third kappa shape index (κ3) is 6.30. The van der Waals surface area contributed by atoms with E-state index in [-0.39, 0.29) is 18.0 Å². The molecule has 4 heterocycles. The van der Waals surface area contributed by atoms with Crippen molar-refractivity contribution in [1.82, 2.24) is 20.5 Å². The first-order valence-corrected chi connectivity index (χ1v) is 13.6. The number of β-lactam (4-membered cyclic amide) rings is 1. The molecule has 4 N–H and O–H groups in total. The maximum atomic E-state index is 12.9. The molecular weight excluding hydrogens is 550 g/mol. The number of carbonyl (C=O) groups excluding carboxylic acids is 3. The first-order chi connectivity index (χ1) is 19.6. The zero-order chi connectivity index (χ0) is 29.7. The van der Waals surface area contributed by atoms with Gasteiger partial charge in [0.1, 0.15) is 29.4 Å². The highest BCUT2D eigenvalue weighted by molar-refractivity contribution is 8.00. The second kappa shape index (κ2) is 12.5. The van der Waals surface area contributed by atoms with Gasteiger partial charge in [0.15, 0.2) is 25.1 Å². The number of carboxylic acid groups (broad SMARTS) is 1. The Balaban J connectivity index is 1.46. The van der Waals surface area contributed by atoms with E-state index in [9.17, 15) is 24.3 Å². The third-order valence-electron chi connectivity index (χ3n) is 6.40. The van der Waals surface area contributed by atoms with Gasteiger partial charge in [-0.1, -0.05) is 5.16 Å². The summed E-state index contributed by atoms with van der Waals surface area (Å²) in [6.45, 7) is 5.36. The van der Waals surface area contributed by atoms with Crippen LogP contribution in [-0.2, 0) is 30.6 Å². The molecule has 1 fully saturated rings. The number of fused-ring (bicyclic) bond motifs is 1. The number of thioether (sulfide) groups is 1. The lowest BCUT2D eigenvalue weighted by Crippen LogP contribution is -2.71. The molecule has 0 aromatic carbocycles. The van der Waals surface area contributed by atoms with Gasteiger partial charge in [0.05, 0.1) is 0 Å². The molecule has 2 aromatic heterocycles. The first-order valence-electron chi connectivity index (χ1n) is 12.6. The molecule has 212 valence electrons. The number of oxime groups is 1. The zero-order valence-corrected chi connectivity index (χ0v) is 23.3. The molecular formula is C27H28N7O6S+. The smallest absolute Gasteiger partial charge is 0.352 e. The van der Waals surface area contributed by atoms with Crippen LogP contribution in [0.2, 0.25) is 0 Å². The van der Waals surface area contributed by atoms with E-state index >= 15 is 0 Å². The average Bonchev–Trinajstić information content (AvgIpc) is 3.42. The van der Waals surface area contributed by atoms with Crippen LogP contribution >= 0.6 is 11.8 Å². The van der Waals surface area contributed by atoms with E-state index < -0.39 is 35.1 Å². The van der Waals surface area contributed by atoms with Crippen molar-refractivity contribution in [2.75, 3.05) is 12.4 Å². The largest absolute Gasteiger partial charge is 0.477 e. The second-order valence-corrected chi connectivity index (χ2v) is 10.3. The SMILES string of the molecule is CCON=C(C)C(=O)NC1C(=O)N2C(C(=O)O)=C(C[n+]3ccc(-c4c[nH]c(/C=C(\C)C(=O)NC#N)c4)cc3)CSC12. The van der Waals surface area contributed by atoms with Crippen LogP contribution in [0.25, 0.3) is 17.2 Å². The number of hydrogen-bond acceptors (Lipinski definition) is 8. The van der Waals surface area contributed by atoms with E-state index in [0.29, 0.717) is 29.2 Å². The Labute approximate surface area is 239 Å². The summed E-state index contributed by atoms with van der Waals surface area (Å²) in [7, 11) is 0. The molecule has 0 spiro atoms. The van der Waals surface area contributed by atoms with Crippen LogP contribution in [0.5, 0.6) is 0 Å². The standard InChI is InChI=1S/C27H27N7O6S/c1-4-40-32-16(3)24(36)31-21-25(37)34-22(27(38)39)19(13-41-26(21)34)12-33-7-5-17(6-8-33)18-10-20(29-11-18)9-15(2)23(35)30-14-28/h5-11,21,26H,4,12-13H2,1-3H3,(H3,30,31,35,36,38,39)/p+1/b15-9+,32-16?. The van der Waals surface area contributed by atoms with Gasteiger partial charge in [0.25, 0.3) is 17.7 Å². The van der Waals surface area contributed by atoms with Crippen molar-refractivity contribution in [3.8, 4) is 17.3 Å². The molecule has 1 saturated heterocycles. The van der Waals surface area contributed by atoms with Crippen LogP contribution in [0, 0.1) is 11.5 Å². The van der Waals surface area contributed by atoms with Crippen molar-refractivity contribution in [1.29, 1.82) is 5.26 Å². The van der Waals surface area contributed by atoms with Crippen molar-refractivity contribution in [3.05, 3.63) is 59.3 Å². The molecule has 2 aromatic rings. The molecule has 41 heavy (non-hydrogen) atoms. The normalized spacial score (nSPS) is 18.7. The Morgan fingerprint density at radius 1 is 1.29 bits per heavy atom. The molecule has 0 bridgehead atoms. The van der Waals surface area contributed by atoms with Crippen LogP contribution in [-0.4, -0.2) is 68.2 Å². The van der Waals surface area contributed by atoms with Crippen molar-refractivity contribution in [3.63, 3.8) is 0 Å². The van der Waals surface area contributed by atoms with Crippen LogP contribution in [0.15, 0.2) is 58.8 Å². The van der Waals surface area contributed by atoms with Gasteiger partial charge < -0.3 is 20.2 Å². The minimum atomic E-state index is -1.21. The summed E-state index contributed by atoms with van der Waals surface area (Å²) < 4.78 is 1.82. The predicted molar refractivity (Wildman–Crippen MR) is 148 cm³/mol. The lowest BCUT2D eigenvalue weighted by atomic mass is 10.0. The Bertz CT molecular complexity index is 1520. The van der Waals surface area contributed by atoms with Gasteiger partial charge in [-0.3, -0.25) is 24.6 Å². The second-order valence-electron chi connectivity index (χ2n) is 9.21. The van der Waals surface area contributed by atoms with E-state index in [2.05, 4.69) is 20.8 Å². The topological polar surface area (TPSA) is 181 Å². The molecule has 2 unspecified atom stereocenters. The summed E-state index contributed by atoms with van der Waals surface area (Å²) in [5.74, 6) is -2.36. The Morgan fingerprint density at radius 3 is 2.68 bits per heavy atom. The quantitative estimate of drug-likeness (QED) is 0.0615. The van der Waals surface area contributed by atoms with E-state index in [0.717, 1.165) is 11.1 Å². The summed E-state index contributed by atoms with van der Waals surface area (Å²) >= 11 is 1.39. The number of aromatic nitrogens is 2. The first kappa shape index (κ1) is 29.1.